The summed E-state index contributed by atoms with van der Waals surface area (Å²) in [5.41, 5.74) is 1.11. The molecule has 0 amide bonds. The lowest BCUT2D eigenvalue weighted by molar-refractivity contribution is -0.156. The monoisotopic (exact) mass is 388 g/mol. The summed E-state index contributed by atoms with van der Waals surface area (Å²) in [6.07, 6.45) is 1.58. The molecule has 0 bridgehead atoms. The van der Waals surface area contributed by atoms with Gasteiger partial charge < -0.3 is 9.47 Å². The Kier molecular flexibility index (Phi) is 7.86. The van der Waals surface area contributed by atoms with Crippen LogP contribution in [-0.2, 0) is 9.53 Å². The molecule has 0 fully saturated rings. The van der Waals surface area contributed by atoms with Crippen LogP contribution >= 0.6 is 11.6 Å². The fraction of sp³-hybridized carbons (Fsp3) is 0.364. The molecule has 0 aliphatic carbocycles. The summed E-state index contributed by atoms with van der Waals surface area (Å²) >= 11 is 5.86. The average Bonchev–Trinajstić information content (AvgIpc) is 2.65. The zero-order valence-corrected chi connectivity index (χ0v) is 16.7. The molecule has 2 aromatic carbocycles. The minimum Gasteiger partial charge on any atom is -0.479 e. The molecule has 4 nitrogen and oxygen atoms in total. The largest absolute Gasteiger partial charge is 0.479 e. The molecular weight excluding hydrogens is 364 g/mol. The molecule has 2 aromatic rings. The highest BCUT2D eigenvalue weighted by molar-refractivity contribution is 6.30. The number of carbonyl (C=O) groups is 2. The van der Waals surface area contributed by atoms with Gasteiger partial charge in [0.05, 0.1) is 6.10 Å². The van der Waals surface area contributed by atoms with Crippen LogP contribution in [0.1, 0.15) is 56.0 Å². The normalized spacial score (nSPS) is 11.9. The van der Waals surface area contributed by atoms with Crippen molar-refractivity contribution in [3.8, 4) is 5.75 Å². The van der Waals surface area contributed by atoms with Crippen LogP contribution in [0.4, 0.5) is 0 Å². The summed E-state index contributed by atoms with van der Waals surface area (Å²) in [6.45, 7) is 5.68. The Morgan fingerprint density at radius 3 is 2.04 bits per heavy atom. The van der Waals surface area contributed by atoms with E-state index >= 15 is 0 Å². The van der Waals surface area contributed by atoms with E-state index in [0.29, 0.717) is 28.3 Å². The van der Waals surface area contributed by atoms with Crippen molar-refractivity contribution in [2.45, 2.75) is 52.2 Å². The van der Waals surface area contributed by atoms with Gasteiger partial charge in [-0.25, -0.2) is 4.79 Å². The molecular formula is C22H25ClO4. The van der Waals surface area contributed by atoms with Crippen molar-refractivity contribution < 1.29 is 19.1 Å². The molecule has 0 aromatic heterocycles. The standard InChI is InChI=1S/C22H25ClO4/c1-4-5-6-20(22(25)26-15(2)3)27-19-13-9-17(10-14-19)21(24)16-7-11-18(23)12-8-16/h7-15,20H,4-6H2,1-3H3. The van der Waals surface area contributed by atoms with Gasteiger partial charge in [0.15, 0.2) is 11.9 Å². The van der Waals surface area contributed by atoms with Crippen molar-refractivity contribution in [3.63, 3.8) is 0 Å². The number of rotatable bonds is 9. The number of ether oxygens (including phenoxy) is 2. The number of hydrogen-bond acceptors (Lipinski definition) is 4. The first-order valence-electron chi connectivity index (χ1n) is 9.18. The molecule has 0 spiro atoms. The molecule has 1 atom stereocenters. The van der Waals surface area contributed by atoms with E-state index in [1.165, 1.54) is 0 Å². The van der Waals surface area contributed by atoms with Gasteiger partial charge in [0.1, 0.15) is 5.75 Å². The number of carbonyl (C=O) groups excluding carboxylic acids is 2. The van der Waals surface area contributed by atoms with Gasteiger partial charge in [-0.1, -0.05) is 24.9 Å². The molecule has 0 aliphatic heterocycles. The van der Waals surface area contributed by atoms with E-state index in [-0.39, 0.29) is 17.9 Å². The lowest BCUT2D eigenvalue weighted by Gasteiger charge is -2.19. The summed E-state index contributed by atoms with van der Waals surface area (Å²) in [4.78, 5) is 24.7. The van der Waals surface area contributed by atoms with E-state index in [2.05, 4.69) is 6.92 Å². The maximum absolute atomic E-state index is 12.5. The van der Waals surface area contributed by atoms with Gasteiger partial charge in [0.2, 0.25) is 0 Å². The fourth-order valence-electron chi connectivity index (χ4n) is 2.54. The third-order valence-corrected chi connectivity index (χ3v) is 4.19. The zero-order valence-electron chi connectivity index (χ0n) is 15.9. The Balaban J connectivity index is 2.08. The molecule has 0 saturated heterocycles. The van der Waals surface area contributed by atoms with Crippen molar-refractivity contribution in [2.75, 3.05) is 0 Å². The van der Waals surface area contributed by atoms with Crippen LogP contribution in [0.2, 0.25) is 5.02 Å². The number of esters is 1. The molecule has 0 heterocycles. The number of halogens is 1. The van der Waals surface area contributed by atoms with E-state index in [1.54, 1.807) is 48.5 Å². The Morgan fingerprint density at radius 1 is 0.963 bits per heavy atom. The molecule has 0 saturated carbocycles. The number of ketones is 1. The molecule has 0 radical (unpaired) electrons. The second-order valence-electron chi connectivity index (χ2n) is 6.59. The quantitative estimate of drug-likeness (QED) is 0.422. The first kappa shape index (κ1) is 21.0. The maximum atomic E-state index is 12.5. The SMILES string of the molecule is CCCCC(Oc1ccc(C(=O)c2ccc(Cl)cc2)cc1)C(=O)OC(C)C. The van der Waals surface area contributed by atoms with E-state index in [4.69, 9.17) is 21.1 Å². The van der Waals surface area contributed by atoms with E-state index in [0.717, 1.165) is 12.8 Å². The number of unbranched alkanes of at least 4 members (excludes halogenated alkanes) is 1. The summed E-state index contributed by atoms with van der Waals surface area (Å²) < 4.78 is 11.1. The minimum atomic E-state index is -0.648. The summed E-state index contributed by atoms with van der Waals surface area (Å²) in [7, 11) is 0. The number of benzene rings is 2. The Hall–Kier alpha value is -2.33. The highest BCUT2D eigenvalue weighted by Gasteiger charge is 2.22. The van der Waals surface area contributed by atoms with Crippen LogP contribution in [0.15, 0.2) is 48.5 Å². The summed E-state index contributed by atoms with van der Waals surface area (Å²) in [5.74, 6) is 0.0733. The van der Waals surface area contributed by atoms with Crippen molar-refractivity contribution in [1.82, 2.24) is 0 Å². The third kappa shape index (κ3) is 6.40. The molecule has 2 rings (SSSR count). The molecule has 5 heteroatoms. The molecule has 0 aliphatic rings. The second-order valence-corrected chi connectivity index (χ2v) is 7.03. The van der Waals surface area contributed by atoms with Gasteiger partial charge >= 0.3 is 5.97 Å². The van der Waals surface area contributed by atoms with Gasteiger partial charge in [0, 0.05) is 16.1 Å². The van der Waals surface area contributed by atoms with Crippen molar-refractivity contribution in [2.24, 2.45) is 0 Å². The highest BCUT2D eigenvalue weighted by atomic mass is 35.5. The topological polar surface area (TPSA) is 52.6 Å². The van der Waals surface area contributed by atoms with Gasteiger partial charge in [-0.2, -0.15) is 0 Å². The summed E-state index contributed by atoms with van der Waals surface area (Å²) in [5, 5.41) is 0.585. The van der Waals surface area contributed by atoms with Crippen molar-refractivity contribution in [1.29, 1.82) is 0 Å². The van der Waals surface area contributed by atoms with Crippen LogP contribution in [0.3, 0.4) is 0 Å². The number of hydrogen-bond donors (Lipinski definition) is 0. The van der Waals surface area contributed by atoms with Gasteiger partial charge in [-0.05, 0) is 75.2 Å². The first-order chi connectivity index (χ1) is 12.9. The van der Waals surface area contributed by atoms with Gasteiger partial charge in [-0.3, -0.25) is 4.79 Å². The molecule has 0 N–H and O–H groups in total. The average molecular weight is 389 g/mol. The van der Waals surface area contributed by atoms with Crippen molar-refractivity contribution >= 4 is 23.4 Å². The van der Waals surface area contributed by atoms with Crippen LogP contribution in [0.25, 0.3) is 0 Å². The Labute approximate surface area is 165 Å². The fourth-order valence-corrected chi connectivity index (χ4v) is 2.67. The smallest absolute Gasteiger partial charge is 0.347 e. The lowest BCUT2D eigenvalue weighted by atomic mass is 10.0. The van der Waals surface area contributed by atoms with Crippen LogP contribution in [-0.4, -0.2) is 24.0 Å². The summed E-state index contributed by atoms with van der Waals surface area (Å²) in [6, 6.07) is 13.5. The zero-order chi connectivity index (χ0) is 19.8. The van der Waals surface area contributed by atoms with E-state index in [1.807, 2.05) is 13.8 Å². The Morgan fingerprint density at radius 2 is 1.52 bits per heavy atom. The molecule has 144 valence electrons. The van der Waals surface area contributed by atoms with E-state index in [9.17, 15) is 9.59 Å². The van der Waals surface area contributed by atoms with E-state index < -0.39 is 6.10 Å². The highest BCUT2D eigenvalue weighted by Crippen LogP contribution is 2.20. The lowest BCUT2D eigenvalue weighted by Crippen LogP contribution is -2.31. The predicted octanol–water partition coefficient (Wildman–Crippen LogP) is 5.46. The Bertz CT molecular complexity index is 751. The first-order valence-corrected chi connectivity index (χ1v) is 9.56. The molecule has 27 heavy (non-hydrogen) atoms. The van der Waals surface area contributed by atoms with Gasteiger partial charge in [0.25, 0.3) is 0 Å². The minimum absolute atomic E-state index is 0.0973. The van der Waals surface area contributed by atoms with Gasteiger partial charge in [-0.15, -0.1) is 0 Å². The molecule has 1 unspecified atom stereocenters. The van der Waals surface area contributed by atoms with Crippen LogP contribution < -0.4 is 4.74 Å². The third-order valence-electron chi connectivity index (χ3n) is 3.94. The second kappa shape index (κ2) is 10.1. The predicted molar refractivity (Wildman–Crippen MR) is 106 cm³/mol. The maximum Gasteiger partial charge on any atom is 0.347 e. The van der Waals surface area contributed by atoms with Crippen LogP contribution in [0, 0.1) is 0 Å². The van der Waals surface area contributed by atoms with Crippen molar-refractivity contribution in [3.05, 3.63) is 64.7 Å². The van der Waals surface area contributed by atoms with Crippen LogP contribution in [0.5, 0.6) is 5.75 Å².